The molecule has 0 bridgehead atoms. The molecule has 15 heavy (non-hydrogen) atoms. The molecule has 0 unspecified atom stereocenters. The van der Waals surface area contributed by atoms with Crippen molar-refractivity contribution in [2.24, 2.45) is 0 Å². The highest BCUT2D eigenvalue weighted by atomic mass is 35.5. The summed E-state index contributed by atoms with van der Waals surface area (Å²) in [4.78, 5) is 3.76. The number of ether oxygens (including phenoxy) is 1. The van der Waals surface area contributed by atoms with Gasteiger partial charge in [-0.15, -0.1) is 11.6 Å². The molecule has 0 aliphatic rings. The number of aromatic nitrogens is 2. The van der Waals surface area contributed by atoms with Gasteiger partial charge < -0.3 is 9.26 Å². The maximum absolute atomic E-state index is 11.7. The first-order valence-electron chi connectivity index (χ1n) is 4.03. The molecule has 1 aromatic rings. The Morgan fingerprint density at radius 1 is 1.40 bits per heavy atom. The minimum absolute atomic E-state index is 0.0827. The Balaban J connectivity index is 2.31. The van der Waals surface area contributed by atoms with Gasteiger partial charge in [-0.25, -0.2) is 0 Å². The fourth-order valence-electron chi connectivity index (χ4n) is 0.789. The number of aryl methyl sites for hydroxylation is 1. The number of nitrogens with zero attached hydrogens (tertiary/aromatic N) is 2. The van der Waals surface area contributed by atoms with Gasteiger partial charge in [-0.3, -0.25) is 0 Å². The molecule has 1 heterocycles. The lowest BCUT2D eigenvalue weighted by molar-refractivity contribution is -0.177. The molecule has 8 heteroatoms. The smallest absolute Gasteiger partial charge is 0.364 e. The van der Waals surface area contributed by atoms with Crippen LogP contribution in [0.25, 0.3) is 0 Å². The maximum Gasteiger partial charge on any atom is 0.411 e. The number of rotatable bonds is 5. The van der Waals surface area contributed by atoms with Crippen LogP contribution in [-0.4, -0.2) is 28.8 Å². The molecular formula is C7H8ClF3N2O2. The molecule has 0 atom stereocenters. The van der Waals surface area contributed by atoms with E-state index in [1.54, 1.807) is 0 Å². The van der Waals surface area contributed by atoms with E-state index >= 15 is 0 Å². The first kappa shape index (κ1) is 12.3. The van der Waals surface area contributed by atoms with Gasteiger partial charge in [0.2, 0.25) is 5.89 Å². The third-order valence-electron chi connectivity index (χ3n) is 1.32. The molecule has 0 N–H and O–H groups in total. The van der Waals surface area contributed by atoms with Crippen LogP contribution in [0.2, 0.25) is 0 Å². The van der Waals surface area contributed by atoms with Gasteiger partial charge in [-0.2, -0.15) is 18.2 Å². The Morgan fingerprint density at radius 3 is 2.73 bits per heavy atom. The highest BCUT2D eigenvalue weighted by Crippen LogP contribution is 2.15. The molecule has 0 aliphatic heterocycles. The zero-order valence-electron chi connectivity index (χ0n) is 7.55. The summed E-state index contributed by atoms with van der Waals surface area (Å²) in [5.74, 6) is 0.681. The number of halogens is 4. The van der Waals surface area contributed by atoms with Gasteiger partial charge in [0.15, 0.2) is 5.82 Å². The van der Waals surface area contributed by atoms with Gasteiger partial charge in [0.05, 0.1) is 0 Å². The Hall–Kier alpha value is -0.820. The largest absolute Gasteiger partial charge is 0.411 e. The van der Waals surface area contributed by atoms with Crippen molar-refractivity contribution >= 4 is 11.6 Å². The van der Waals surface area contributed by atoms with E-state index in [9.17, 15) is 13.2 Å². The topological polar surface area (TPSA) is 48.2 Å². The zero-order valence-corrected chi connectivity index (χ0v) is 8.31. The van der Waals surface area contributed by atoms with Crippen molar-refractivity contribution in [3.05, 3.63) is 11.7 Å². The van der Waals surface area contributed by atoms with Crippen molar-refractivity contribution in [3.63, 3.8) is 0 Å². The van der Waals surface area contributed by atoms with E-state index in [-0.39, 0.29) is 18.3 Å². The second-order valence-corrected chi connectivity index (χ2v) is 3.03. The molecule has 1 rings (SSSR count). The molecule has 0 saturated heterocycles. The summed E-state index contributed by atoms with van der Waals surface area (Å²) < 4.78 is 44.0. The lowest BCUT2D eigenvalue weighted by atomic mass is 10.5. The van der Waals surface area contributed by atoms with E-state index in [1.165, 1.54) is 0 Å². The van der Waals surface area contributed by atoms with Gasteiger partial charge >= 0.3 is 6.18 Å². The van der Waals surface area contributed by atoms with Crippen molar-refractivity contribution in [3.8, 4) is 0 Å². The molecule has 0 saturated carbocycles. The standard InChI is InChI=1S/C7H8ClF3N2O2/c8-2-1-6-12-5(13-15-6)3-14-4-7(9,10)11/h1-4H2. The van der Waals surface area contributed by atoms with Crippen LogP contribution in [0.1, 0.15) is 11.7 Å². The molecule has 0 aliphatic carbocycles. The summed E-state index contributed by atoms with van der Waals surface area (Å²) in [6.45, 7) is -1.66. The molecule has 0 aromatic carbocycles. The highest BCUT2D eigenvalue weighted by molar-refractivity contribution is 6.17. The second-order valence-electron chi connectivity index (χ2n) is 2.65. The van der Waals surface area contributed by atoms with Gasteiger partial charge in [0, 0.05) is 12.3 Å². The summed E-state index contributed by atoms with van der Waals surface area (Å²) in [5.41, 5.74) is 0. The van der Waals surface area contributed by atoms with E-state index in [0.29, 0.717) is 12.3 Å². The Bertz CT molecular complexity index is 303. The zero-order chi connectivity index (χ0) is 11.3. The summed E-state index contributed by atoms with van der Waals surface area (Å²) >= 11 is 5.40. The second kappa shape index (κ2) is 5.32. The minimum Gasteiger partial charge on any atom is -0.364 e. The van der Waals surface area contributed by atoms with E-state index in [0.717, 1.165) is 0 Å². The van der Waals surface area contributed by atoms with Crippen LogP contribution in [0, 0.1) is 0 Å². The quantitative estimate of drug-likeness (QED) is 0.743. The van der Waals surface area contributed by atoms with Crippen LogP contribution >= 0.6 is 11.6 Å². The number of hydrogen-bond donors (Lipinski definition) is 0. The minimum atomic E-state index is -4.34. The fourth-order valence-corrected chi connectivity index (χ4v) is 0.951. The monoisotopic (exact) mass is 244 g/mol. The molecule has 86 valence electrons. The summed E-state index contributed by atoms with van der Waals surface area (Å²) in [5, 5.41) is 3.42. The molecule has 1 aromatic heterocycles. The van der Waals surface area contributed by atoms with Crippen LogP contribution in [0.15, 0.2) is 4.52 Å². The Labute approximate surface area is 88.4 Å². The molecule has 4 nitrogen and oxygen atoms in total. The Kier molecular flexibility index (Phi) is 4.34. The summed E-state index contributed by atoms with van der Waals surface area (Å²) in [7, 11) is 0. The van der Waals surface area contributed by atoms with Crippen LogP contribution in [0.3, 0.4) is 0 Å². The highest BCUT2D eigenvalue weighted by Gasteiger charge is 2.27. The van der Waals surface area contributed by atoms with Crippen LogP contribution in [-0.2, 0) is 17.8 Å². The van der Waals surface area contributed by atoms with E-state index in [4.69, 9.17) is 11.6 Å². The number of hydrogen-bond acceptors (Lipinski definition) is 4. The lowest BCUT2D eigenvalue weighted by Gasteiger charge is -2.04. The maximum atomic E-state index is 11.7. The first-order chi connectivity index (χ1) is 7.01. The predicted molar refractivity (Wildman–Crippen MR) is 44.4 cm³/mol. The van der Waals surface area contributed by atoms with Gasteiger partial charge in [-0.05, 0) is 0 Å². The normalized spacial score (nSPS) is 12.0. The van der Waals surface area contributed by atoms with Crippen molar-refractivity contribution in [1.82, 2.24) is 10.1 Å². The van der Waals surface area contributed by atoms with E-state index < -0.39 is 12.8 Å². The molecule has 0 fully saturated rings. The van der Waals surface area contributed by atoms with Gasteiger partial charge in [0.25, 0.3) is 0 Å². The number of alkyl halides is 4. The van der Waals surface area contributed by atoms with Crippen molar-refractivity contribution in [2.75, 3.05) is 12.5 Å². The van der Waals surface area contributed by atoms with Gasteiger partial charge in [0.1, 0.15) is 13.2 Å². The summed E-state index contributed by atoms with van der Waals surface area (Å²) in [6, 6.07) is 0. The van der Waals surface area contributed by atoms with Crippen LogP contribution < -0.4 is 0 Å². The van der Waals surface area contributed by atoms with Crippen LogP contribution in [0.4, 0.5) is 13.2 Å². The van der Waals surface area contributed by atoms with E-state index in [2.05, 4.69) is 19.4 Å². The van der Waals surface area contributed by atoms with Crippen molar-refractivity contribution in [2.45, 2.75) is 19.2 Å². The third-order valence-corrected chi connectivity index (χ3v) is 1.50. The lowest BCUT2D eigenvalue weighted by Crippen LogP contribution is -2.16. The SMILES string of the molecule is FC(F)(F)COCc1noc(CCCl)n1. The third kappa shape index (κ3) is 4.98. The average molecular weight is 245 g/mol. The molecule has 0 radical (unpaired) electrons. The Morgan fingerprint density at radius 2 is 2.13 bits per heavy atom. The van der Waals surface area contributed by atoms with Crippen molar-refractivity contribution in [1.29, 1.82) is 0 Å². The molecule has 0 amide bonds. The van der Waals surface area contributed by atoms with Gasteiger partial charge in [-0.1, -0.05) is 5.16 Å². The fraction of sp³-hybridized carbons (Fsp3) is 0.714. The van der Waals surface area contributed by atoms with Crippen molar-refractivity contribution < 1.29 is 22.4 Å². The van der Waals surface area contributed by atoms with Crippen LogP contribution in [0.5, 0.6) is 0 Å². The predicted octanol–water partition coefficient (Wildman–Crippen LogP) is 1.93. The summed E-state index contributed by atoms with van der Waals surface area (Å²) in [6.07, 6.45) is -3.96. The molecule has 0 spiro atoms. The van der Waals surface area contributed by atoms with E-state index in [1.807, 2.05) is 0 Å². The molecular weight excluding hydrogens is 237 g/mol. The first-order valence-corrected chi connectivity index (χ1v) is 4.56. The average Bonchev–Trinajstić information content (AvgIpc) is 2.51.